The molecular formula is C22H19AsF3N7OS. The summed E-state index contributed by atoms with van der Waals surface area (Å²) < 4.78 is 38.9. The third kappa shape index (κ3) is 5.08. The fraction of sp³-hybridized carbons (Fsp3) is 0.227. The molecule has 1 saturated heterocycles. The zero-order chi connectivity index (χ0) is 24.6. The Morgan fingerprint density at radius 1 is 1.03 bits per heavy atom. The summed E-state index contributed by atoms with van der Waals surface area (Å²) in [6.45, 7) is 1.95. The zero-order valence-electron chi connectivity index (χ0n) is 18.2. The summed E-state index contributed by atoms with van der Waals surface area (Å²) in [7, 11) is 0. The van der Waals surface area contributed by atoms with E-state index in [0.717, 1.165) is 38.9 Å². The molecule has 1 aliphatic rings. The van der Waals surface area contributed by atoms with E-state index < -0.39 is 11.7 Å². The van der Waals surface area contributed by atoms with Gasteiger partial charge in [0.05, 0.1) is 5.56 Å². The number of anilines is 2. The second-order valence-electron chi connectivity index (χ2n) is 7.80. The van der Waals surface area contributed by atoms with Crippen LogP contribution in [0.5, 0.6) is 0 Å². The Bertz CT molecular complexity index is 1360. The number of nitrogens with zero attached hydrogens (tertiary/aromatic N) is 6. The third-order valence-electron chi connectivity index (χ3n) is 5.50. The van der Waals surface area contributed by atoms with E-state index in [4.69, 9.17) is 4.98 Å². The van der Waals surface area contributed by atoms with Gasteiger partial charge in [0.25, 0.3) is 0 Å². The van der Waals surface area contributed by atoms with Gasteiger partial charge in [-0.1, -0.05) is 0 Å². The molecule has 2 amide bonds. The molecule has 180 valence electrons. The van der Waals surface area contributed by atoms with Gasteiger partial charge in [-0.25, -0.2) is 0 Å². The fourth-order valence-electron chi connectivity index (χ4n) is 3.72. The number of carbonyl (C=O) groups excluding carboxylic acids is 1. The Kier molecular flexibility index (Phi) is 6.33. The normalized spacial score (nSPS) is 14.4. The van der Waals surface area contributed by atoms with Crippen molar-refractivity contribution in [3.8, 4) is 10.6 Å². The molecule has 4 aromatic rings. The van der Waals surface area contributed by atoms with Gasteiger partial charge in [0.15, 0.2) is 0 Å². The second-order valence-corrected chi connectivity index (χ2v) is 9.86. The molecule has 1 N–H and O–H groups in total. The van der Waals surface area contributed by atoms with Crippen LogP contribution in [0.25, 0.3) is 20.9 Å². The SMILES string of the molecule is O=C(Nc1ccc(C(F)(F)F)cc1)N1CCN(c2nc([AsH2])nc3sc(-c4cccnc4)nc23)CC1. The first kappa shape index (κ1) is 23.5. The number of aromatic nitrogens is 4. The first-order valence-electron chi connectivity index (χ1n) is 10.6. The minimum atomic E-state index is -4.42. The van der Waals surface area contributed by atoms with E-state index in [-0.39, 0.29) is 6.03 Å². The molecule has 0 aliphatic carbocycles. The van der Waals surface area contributed by atoms with Crippen molar-refractivity contribution in [1.82, 2.24) is 24.8 Å². The Balaban J connectivity index is 1.28. The number of hydrogen-bond donors (Lipinski definition) is 1. The van der Waals surface area contributed by atoms with Crippen molar-refractivity contribution in [3.63, 3.8) is 0 Å². The number of rotatable bonds is 3. The number of fused-ring (bicyclic) bond motifs is 1. The molecule has 13 heteroatoms. The summed E-state index contributed by atoms with van der Waals surface area (Å²) in [6.07, 6.45) is -0.946. The number of halogens is 3. The zero-order valence-corrected chi connectivity index (χ0v) is 21.4. The number of amides is 2. The Morgan fingerprint density at radius 3 is 2.43 bits per heavy atom. The van der Waals surface area contributed by atoms with E-state index in [1.165, 1.54) is 40.3 Å². The average molecular weight is 561 g/mol. The number of pyridine rings is 1. The third-order valence-corrected chi connectivity index (χ3v) is 7.04. The predicted octanol–water partition coefficient (Wildman–Crippen LogP) is 2.78. The molecule has 8 nitrogen and oxygen atoms in total. The number of piperazine rings is 1. The van der Waals surface area contributed by atoms with Crippen LogP contribution in [0.1, 0.15) is 5.56 Å². The van der Waals surface area contributed by atoms with E-state index in [1.54, 1.807) is 17.3 Å². The van der Waals surface area contributed by atoms with Crippen LogP contribution in [0.2, 0.25) is 0 Å². The monoisotopic (exact) mass is 561 g/mol. The molecule has 1 fully saturated rings. The number of nitrogens with one attached hydrogen (secondary N) is 1. The molecule has 5 rings (SSSR count). The molecule has 0 saturated carbocycles. The Morgan fingerprint density at radius 2 is 1.77 bits per heavy atom. The van der Waals surface area contributed by atoms with Gasteiger partial charge in [-0.2, -0.15) is 13.2 Å². The van der Waals surface area contributed by atoms with E-state index in [1.807, 2.05) is 12.1 Å². The van der Waals surface area contributed by atoms with Crippen LogP contribution >= 0.6 is 11.3 Å². The number of benzene rings is 1. The Hall–Kier alpha value is -3.24. The van der Waals surface area contributed by atoms with Gasteiger partial charge in [-0.3, -0.25) is 0 Å². The molecule has 0 bridgehead atoms. The van der Waals surface area contributed by atoms with Crippen LogP contribution in [0.4, 0.5) is 29.5 Å². The summed E-state index contributed by atoms with van der Waals surface area (Å²) in [6, 6.07) is 7.85. The maximum absolute atomic E-state index is 12.7. The van der Waals surface area contributed by atoms with Crippen LogP contribution < -0.4 is 14.8 Å². The fourth-order valence-corrected chi connectivity index (χ4v) is 5.38. The van der Waals surface area contributed by atoms with E-state index in [9.17, 15) is 18.0 Å². The summed E-state index contributed by atoms with van der Waals surface area (Å²) in [5, 5.41) is 3.48. The van der Waals surface area contributed by atoms with Crippen molar-refractivity contribution in [2.24, 2.45) is 0 Å². The van der Waals surface area contributed by atoms with Crippen molar-refractivity contribution in [3.05, 3.63) is 54.4 Å². The molecule has 0 spiro atoms. The van der Waals surface area contributed by atoms with Gasteiger partial charge < -0.3 is 0 Å². The number of alkyl halides is 3. The second kappa shape index (κ2) is 9.43. The molecule has 1 unspecified atom stereocenters. The Labute approximate surface area is 210 Å². The van der Waals surface area contributed by atoms with Crippen LogP contribution in [-0.4, -0.2) is 73.9 Å². The van der Waals surface area contributed by atoms with Crippen molar-refractivity contribution < 1.29 is 18.0 Å². The topological polar surface area (TPSA) is 87.1 Å². The van der Waals surface area contributed by atoms with Crippen molar-refractivity contribution in [1.29, 1.82) is 0 Å². The quantitative estimate of drug-likeness (QED) is 0.388. The first-order chi connectivity index (χ1) is 16.8. The van der Waals surface area contributed by atoms with Gasteiger partial charge in [0.2, 0.25) is 0 Å². The molecule has 3 aromatic heterocycles. The van der Waals surface area contributed by atoms with E-state index >= 15 is 0 Å². The van der Waals surface area contributed by atoms with E-state index in [0.29, 0.717) is 36.5 Å². The van der Waals surface area contributed by atoms with Crippen LogP contribution in [0.15, 0.2) is 48.8 Å². The van der Waals surface area contributed by atoms with Gasteiger partial charge in [-0.15, -0.1) is 0 Å². The maximum atomic E-state index is 12.7. The van der Waals surface area contributed by atoms with Gasteiger partial charge in [0.1, 0.15) is 0 Å². The van der Waals surface area contributed by atoms with Crippen LogP contribution in [0, 0.1) is 0 Å². The van der Waals surface area contributed by atoms with Crippen molar-refractivity contribution in [2.45, 2.75) is 6.18 Å². The van der Waals surface area contributed by atoms with Crippen LogP contribution in [0.3, 0.4) is 0 Å². The summed E-state index contributed by atoms with van der Waals surface area (Å²) >= 11 is 2.81. The van der Waals surface area contributed by atoms with Gasteiger partial charge in [0, 0.05) is 0 Å². The molecule has 1 atom stereocenters. The molecule has 4 heterocycles. The van der Waals surface area contributed by atoms with Gasteiger partial charge >= 0.3 is 192 Å². The van der Waals surface area contributed by atoms with Gasteiger partial charge in [-0.05, 0) is 0 Å². The molecular weight excluding hydrogens is 542 g/mol. The average Bonchev–Trinajstić information content (AvgIpc) is 3.28. The minimum absolute atomic E-state index is 0.311. The predicted molar refractivity (Wildman–Crippen MR) is 131 cm³/mol. The standard InChI is InChI=1S/C22H19AsF3N7OS/c23-20-30-17(16-19(31-20)35-18(29-16)13-2-1-7-27-12-13)32-8-10-33(11-9-32)21(34)28-15-5-3-14(4-6-15)22(24,25)26/h1-7,12H,8-11,23H2,(H,28,34). The summed E-state index contributed by atoms with van der Waals surface area (Å²) in [4.78, 5) is 35.3. The first-order valence-corrected chi connectivity index (χ1v) is 12.6. The number of thiazole rings is 1. The molecule has 1 aliphatic heterocycles. The number of hydrogen-bond acceptors (Lipinski definition) is 7. The van der Waals surface area contributed by atoms with Crippen LogP contribution in [-0.2, 0) is 6.18 Å². The molecule has 35 heavy (non-hydrogen) atoms. The van der Waals surface area contributed by atoms with Crippen molar-refractivity contribution in [2.75, 3.05) is 36.4 Å². The van der Waals surface area contributed by atoms with E-state index in [2.05, 4.69) is 25.2 Å². The molecule has 0 radical (unpaired) electrons. The number of urea groups is 1. The van der Waals surface area contributed by atoms with Crippen molar-refractivity contribution >= 4 is 60.7 Å². The summed E-state index contributed by atoms with van der Waals surface area (Å²) in [5.74, 6) is 0.739. The molecule has 1 aromatic carbocycles. The number of carbonyl (C=O) groups is 1. The summed E-state index contributed by atoms with van der Waals surface area (Å²) in [5.41, 5.74) is 1.18.